The van der Waals surface area contributed by atoms with E-state index in [2.05, 4.69) is 24.7 Å². The van der Waals surface area contributed by atoms with Gasteiger partial charge in [-0.25, -0.2) is 13.9 Å². The summed E-state index contributed by atoms with van der Waals surface area (Å²) in [6.45, 7) is 0.824. The molecule has 0 saturated heterocycles. The second-order valence-corrected chi connectivity index (χ2v) is 10.5. The van der Waals surface area contributed by atoms with Crippen LogP contribution in [0.15, 0.2) is 81.4 Å². The molecule has 3 aromatic heterocycles. The molecule has 10 nitrogen and oxygen atoms in total. The molecule has 0 bridgehead atoms. The highest BCUT2D eigenvalue weighted by Crippen LogP contribution is 2.37. The van der Waals surface area contributed by atoms with Gasteiger partial charge < -0.3 is 18.7 Å². The molecule has 1 unspecified atom stereocenters. The van der Waals surface area contributed by atoms with Crippen molar-refractivity contribution in [3.63, 3.8) is 0 Å². The van der Waals surface area contributed by atoms with Gasteiger partial charge in [-0.15, -0.1) is 0 Å². The van der Waals surface area contributed by atoms with Gasteiger partial charge in [0, 0.05) is 24.5 Å². The quantitative estimate of drug-likeness (QED) is 0.166. The van der Waals surface area contributed by atoms with Crippen molar-refractivity contribution in [2.75, 3.05) is 18.9 Å². The molecule has 0 amide bonds. The van der Waals surface area contributed by atoms with Gasteiger partial charge in [0.05, 0.1) is 36.8 Å². The van der Waals surface area contributed by atoms with Crippen molar-refractivity contribution >= 4 is 51.3 Å². The second-order valence-electron chi connectivity index (χ2n) is 7.99. The second kappa shape index (κ2) is 11.9. The molecule has 0 spiro atoms. The smallest absolute Gasteiger partial charge is 0.191 e. The average Bonchev–Trinajstić information content (AvgIpc) is 3.57. The van der Waals surface area contributed by atoms with Crippen LogP contribution in [0, 0.1) is 0 Å². The van der Waals surface area contributed by atoms with E-state index in [-0.39, 0.29) is 5.15 Å². The maximum atomic E-state index is 12.5. The standard InChI is InChI=1S/C25H23ClN6O4S2/c1-34-18-6-3-4-7-21(18)37-31-25-23-19(35-2)10-16(11-20(23)36-30-25)14-32-15-17(12-28-32)13-29-38(33)22-8-5-9-27-24(22)26/h3-12,15,29H,13-14H2,1-2H3,(H,30,31). The molecule has 2 N–H and O–H groups in total. The third-order valence-electron chi connectivity index (χ3n) is 5.51. The number of nitrogens with zero attached hydrogens (tertiary/aromatic N) is 4. The van der Waals surface area contributed by atoms with Gasteiger partial charge in [-0.05, 0) is 53.9 Å². The molecule has 13 heteroatoms. The van der Waals surface area contributed by atoms with Gasteiger partial charge in [-0.3, -0.25) is 4.68 Å². The molecule has 0 aliphatic heterocycles. The fourth-order valence-electron chi connectivity index (χ4n) is 3.73. The number of benzene rings is 2. The Hall–Kier alpha value is -3.58. The number of hydrogen-bond donors (Lipinski definition) is 2. The summed E-state index contributed by atoms with van der Waals surface area (Å²) < 4.78 is 37.1. The molecule has 0 aliphatic carbocycles. The number of hydrogen-bond acceptors (Lipinski definition) is 9. The van der Waals surface area contributed by atoms with Gasteiger partial charge in [0.1, 0.15) is 33.0 Å². The average molecular weight is 571 g/mol. The number of rotatable bonds is 11. The first kappa shape index (κ1) is 26.0. The molecule has 1 atom stereocenters. The van der Waals surface area contributed by atoms with Crippen LogP contribution in [0.5, 0.6) is 11.5 Å². The van der Waals surface area contributed by atoms with Crippen LogP contribution in [0.1, 0.15) is 11.1 Å². The fraction of sp³-hybridized carbons (Fsp3) is 0.160. The molecule has 0 aliphatic rings. The predicted octanol–water partition coefficient (Wildman–Crippen LogP) is 5.07. The molecule has 0 saturated carbocycles. The molecular weight excluding hydrogens is 548 g/mol. The minimum absolute atomic E-state index is 0.211. The maximum Gasteiger partial charge on any atom is 0.191 e. The number of pyridine rings is 1. The van der Waals surface area contributed by atoms with Crippen LogP contribution in [0.3, 0.4) is 0 Å². The molecule has 38 heavy (non-hydrogen) atoms. The van der Waals surface area contributed by atoms with Crippen LogP contribution in [-0.4, -0.2) is 38.3 Å². The number of halogens is 1. The first-order valence-corrected chi connectivity index (χ1v) is 13.7. The number of aromatic nitrogens is 4. The first-order valence-electron chi connectivity index (χ1n) is 11.3. The Morgan fingerprint density at radius 1 is 1.11 bits per heavy atom. The van der Waals surface area contributed by atoms with Crippen LogP contribution in [0.2, 0.25) is 5.15 Å². The molecule has 196 valence electrons. The van der Waals surface area contributed by atoms with Gasteiger partial charge >= 0.3 is 0 Å². The van der Waals surface area contributed by atoms with E-state index in [1.54, 1.807) is 43.4 Å². The Morgan fingerprint density at radius 2 is 1.95 bits per heavy atom. The Labute approximate surface area is 230 Å². The molecule has 0 fully saturated rings. The van der Waals surface area contributed by atoms with Gasteiger partial charge in [0.25, 0.3) is 0 Å². The minimum Gasteiger partial charge on any atom is -0.496 e. The van der Waals surface area contributed by atoms with Crippen LogP contribution < -0.4 is 18.9 Å². The Balaban J connectivity index is 1.27. The van der Waals surface area contributed by atoms with Crippen molar-refractivity contribution in [3.8, 4) is 11.5 Å². The lowest BCUT2D eigenvalue weighted by atomic mass is 10.1. The lowest BCUT2D eigenvalue weighted by molar-refractivity contribution is 0.405. The monoisotopic (exact) mass is 570 g/mol. The van der Waals surface area contributed by atoms with Crippen molar-refractivity contribution in [1.82, 2.24) is 24.6 Å². The minimum atomic E-state index is -1.49. The Bertz CT molecular complexity index is 1590. The van der Waals surface area contributed by atoms with E-state index in [1.165, 1.54) is 11.9 Å². The number of methoxy groups -OCH3 is 2. The third-order valence-corrected chi connectivity index (χ3v) is 7.91. The fourth-order valence-corrected chi connectivity index (χ4v) is 5.66. The summed E-state index contributed by atoms with van der Waals surface area (Å²) >= 11 is 7.40. The van der Waals surface area contributed by atoms with E-state index < -0.39 is 11.0 Å². The van der Waals surface area contributed by atoms with E-state index in [9.17, 15) is 4.21 Å². The molecule has 5 rings (SSSR count). The number of nitrogens with one attached hydrogen (secondary N) is 2. The summed E-state index contributed by atoms with van der Waals surface area (Å²) in [5.74, 6) is 1.93. The zero-order valence-corrected chi connectivity index (χ0v) is 22.8. The normalized spacial score (nSPS) is 12.0. The highest BCUT2D eigenvalue weighted by Gasteiger charge is 2.17. The summed E-state index contributed by atoms with van der Waals surface area (Å²) in [7, 11) is 1.75. The first-order chi connectivity index (χ1) is 18.6. The van der Waals surface area contributed by atoms with E-state index in [0.717, 1.165) is 27.2 Å². The van der Waals surface area contributed by atoms with Crippen LogP contribution in [0.4, 0.5) is 5.82 Å². The topological polar surface area (TPSA) is 116 Å². The summed E-state index contributed by atoms with van der Waals surface area (Å²) in [5, 5.41) is 9.57. The number of anilines is 1. The van der Waals surface area contributed by atoms with Crippen LogP contribution in [-0.2, 0) is 24.1 Å². The molecule has 5 aromatic rings. The lowest BCUT2D eigenvalue weighted by Crippen LogP contribution is -2.17. The summed E-state index contributed by atoms with van der Waals surface area (Å²) in [6, 6.07) is 14.9. The van der Waals surface area contributed by atoms with E-state index in [0.29, 0.717) is 35.1 Å². The van der Waals surface area contributed by atoms with Crippen LogP contribution >= 0.6 is 23.5 Å². The van der Waals surface area contributed by atoms with E-state index in [4.69, 9.17) is 25.6 Å². The van der Waals surface area contributed by atoms with E-state index >= 15 is 0 Å². The Kier molecular flexibility index (Phi) is 8.13. The predicted molar refractivity (Wildman–Crippen MR) is 147 cm³/mol. The molecular formula is C25H23ClN6O4S2. The largest absolute Gasteiger partial charge is 0.496 e. The van der Waals surface area contributed by atoms with Gasteiger partial charge in [0.15, 0.2) is 11.4 Å². The van der Waals surface area contributed by atoms with Gasteiger partial charge in [-0.1, -0.05) is 28.9 Å². The lowest BCUT2D eigenvalue weighted by Gasteiger charge is -2.09. The third kappa shape index (κ3) is 5.78. The highest BCUT2D eigenvalue weighted by molar-refractivity contribution is 8.00. The summed E-state index contributed by atoms with van der Waals surface area (Å²) in [6.07, 6.45) is 5.15. The SMILES string of the molecule is COc1ccccc1SNc1noc2cc(Cn3cc(CNS(=O)c4cccnc4Cl)cn3)cc(OC)c12. The van der Waals surface area contributed by atoms with Gasteiger partial charge in [0.2, 0.25) is 0 Å². The van der Waals surface area contributed by atoms with Gasteiger partial charge in [-0.2, -0.15) is 5.10 Å². The van der Waals surface area contributed by atoms with Crippen molar-refractivity contribution < 1.29 is 18.2 Å². The van der Waals surface area contributed by atoms with E-state index in [1.807, 2.05) is 42.6 Å². The number of fused-ring (bicyclic) bond motifs is 1. The summed E-state index contributed by atoms with van der Waals surface area (Å²) in [4.78, 5) is 5.31. The summed E-state index contributed by atoms with van der Waals surface area (Å²) in [5.41, 5.74) is 2.37. The molecule has 0 radical (unpaired) electrons. The van der Waals surface area contributed by atoms with Crippen LogP contribution in [0.25, 0.3) is 11.0 Å². The zero-order chi connectivity index (χ0) is 26.5. The van der Waals surface area contributed by atoms with Crippen molar-refractivity contribution in [1.29, 1.82) is 0 Å². The maximum absolute atomic E-state index is 12.5. The zero-order valence-electron chi connectivity index (χ0n) is 20.4. The van der Waals surface area contributed by atoms with Crippen molar-refractivity contribution in [2.45, 2.75) is 22.9 Å². The molecule has 2 aromatic carbocycles. The Morgan fingerprint density at radius 3 is 2.76 bits per heavy atom. The molecule has 3 heterocycles. The number of para-hydroxylation sites is 1. The highest BCUT2D eigenvalue weighted by atomic mass is 35.5. The van der Waals surface area contributed by atoms with Crippen molar-refractivity contribution in [3.05, 3.63) is 83.4 Å². The number of ether oxygens (including phenoxy) is 2. The van der Waals surface area contributed by atoms with Crippen molar-refractivity contribution in [2.24, 2.45) is 0 Å².